The van der Waals surface area contributed by atoms with Crippen molar-refractivity contribution in [1.82, 2.24) is 5.43 Å². The Morgan fingerprint density at radius 3 is 2.84 bits per heavy atom. The van der Waals surface area contributed by atoms with Crippen LogP contribution >= 0.6 is 0 Å². The molecule has 5 heteroatoms. The van der Waals surface area contributed by atoms with Gasteiger partial charge in [-0.25, -0.2) is 10.2 Å². The summed E-state index contributed by atoms with van der Waals surface area (Å²) < 4.78 is 5.22. The first kappa shape index (κ1) is 13.3. The molecule has 0 atom stereocenters. The van der Waals surface area contributed by atoms with Crippen LogP contribution in [-0.2, 0) is 20.9 Å². The smallest absolute Gasteiger partial charge is 0.354 e. The van der Waals surface area contributed by atoms with E-state index in [1.165, 1.54) is 0 Å². The highest BCUT2D eigenvalue weighted by molar-refractivity contribution is 6.37. The Hall–Kier alpha value is -2.17. The minimum Gasteiger partial charge on any atom is -0.456 e. The van der Waals surface area contributed by atoms with Crippen molar-refractivity contribution >= 4 is 17.6 Å². The molecule has 1 aliphatic rings. The Balaban J connectivity index is 1.97. The molecule has 5 nitrogen and oxygen atoms in total. The van der Waals surface area contributed by atoms with Crippen molar-refractivity contribution in [3.8, 4) is 0 Å². The zero-order valence-electron chi connectivity index (χ0n) is 11.0. The fourth-order valence-corrected chi connectivity index (χ4v) is 1.80. The van der Waals surface area contributed by atoms with Crippen molar-refractivity contribution in [2.24, 2.45) is 5.10 Å². The lowest BCUT2D eigenvalue weighted by Crippen LogP contribution is -2.30. The van der Waals surface area contributed by atoms with Gasteiger partial charge in [0.1, 0.15) is 12.3 Å². The summed E-state index contributed by atoms with van der Waals surface area (Å²) >= 11 is 0. The third-order valence-electron chi connectivity index (χ3n) is 3.00. The lowest BCUT2D eigenvalue weighted by molar-refractivity contribution is -0.137. The van der Waals surface area contributed by atoms with Crippen molar-refractivity contribution in [3.63, 3.8) is 0 Å². The number of hydrazone groups is 1. The molecule has 1 heterocycles. The van der Waals surface area contributed by atoms with Crippen LogP contribution in [-0.4, -0.2) is 17.6 Å². The second-order valence-electron chi connectivity index (χ2n) is 4.60. The lowest BCUT2D eigenvalue weighted by atomic mass is 10.1. The monoisotopic (exact) mass is 260 g/mol. The number of rotatable bonds is 3. The lowest BCUT2D eigenvalue weighted by Gasteiger charge is -2.12. The number of amides is 1. The van der Waals surface area contributed by atoms with Gasteiger partial charge in [-0.3, -0.25) is 4.79 Å². The maximum Gasteiger partial charge on any atom is 0.354 e. The molecule has 0 aromatic heterocycles. The van der Waals surface area contributed by atoms with Gasteiger partial charge < -0.3 is 4.74 Å². The van der Waals surface area contributed by atoms with E-state index in [4.69, 9.17) is 4.74 Å². The molecule has 1 aliphatic heterocycles. The Morgan fingerprint density at radius 1 is 1.37 bits per heavy atom. The number of hydrogen-bond acceptors (Lipinski definition) is 4. The van der Waals surface area contributed by atoms with E-state index in [1.807, 2.05) is 32.0 Å². The van der Waals surface area contributed by atoms with Crippen molar-refractivity contribution in [2.45, 2.75) is 33.3 Å². The Morgan fingerprint density at radius 2 is 2.16 bits per heavy atom. The molecule has 0 fully saturated rings. The van der Waals surface area contributed by atoms with Gasteiger partial charge in [-0.2, -0.15) is 5.10 Å². The van der Waals surface area contributed by atoms with Gasteiger partial charge in [0, 0.05) is 12.8 Å². The van der Waals surface area contributed by atoms with Crippen LogP contribution in [0.4, 0.5) is 0 Å². The van der Waals surface area contributed by atoms with E-state index >= 15 is 0 Å². The summed E-state index contributed by atoms with van der Waals surface area (Å²) in [4.78, 5) is 22.7. The van der Waals surface area contributed by atoms with Gasteiger partial charge in [-0.15, -0.1) is 0 Å². The highest BCUT2D eigenvalue weighted by Crippen LogP contribution is 2.12. The predicted molar refractivity (Wildman–Crippen MR) is 70.5 cm³/mol. The van der Waals surface area contributed by atoms with Crippen LogP contribution in [0.1, 0.15) is 29.5 Å². The van der Waals surface area contributed by atoms with E-state index in [0.29, 0.717) is 6.42 Å². The highest BCUT2D eigenvalue weighted by Gasteiger charge is 2.19. The van der Waals surface area contributed by atoms with Crippen LogP contribution < -0.4 is 5.43 Å². The van der Waals surface area contributed by atoms with E-state index in [2.05, 4.69) is 10.5 Å². The van der Waals surface area contributed by atoms with Crippen LogP contribution in [0.2, 0.25) is 0 Å². The number of nitrogens with zero attached hydrogens (tertiary/aromatic N) is 1. The summed E-state index contributed by atoms with van der Waals surface area (Å²) in [5, 5.41) is 3.71. The average Bonchev–Trinajstić information content (AvgIpc) is 2.40. The van der Waals surface area contributed by atoms with Gasteiger partial charge in [0.25, 0.3) is 0 Å². The zero-order chi connectivity index (χ0) is 13.8. The SMILES string of the molecule is Cc1ccc(C)c(COC(=O)C2=NNC(=O)CC2)c1. The van der Waals surface area contributed by atoms with E-state index < -0.39 is 5.97 Å². The number of aryl methyl sites for hydroxylation is 2. The molecule has 19 heavy (non-hydrogen) atoms. The van der Waals surface area contributed by atoms with Crippen LogP contribution in [0.3, 0.4) is 0 Å². The molecular weight excluding hydrogens is 244 g/mol. The summed E-state index contributed by atoms with van der Waals surface area (Å²) in [6.45, 7) is 4.19. The molecule has 0 bridgehead atoms. The van der Waals surface area contributed by atoms with Crippen molar-refractivity contribution in [3.05, 3.63) is 34.9 Å². The highest BCUT2D eigenvalue weighted by atomic mass is 16.5. The summed E-state index contributed by atoms with van der Waals surface area (Å²) in [5.41, 5.74) is 5.73. The largest absolute Gasteiger partial charge is 0.456 e. The molecule has 0 aliphatic carbocycles. The number of ether oxygens (including phenoxy) is 1. The molecule has 2 rings (SSSR count). The van der Waals surface area contributed by atoms with Gasteiger partial charge in [0.05, 0.1) is 0 Å². The van der Waals surface area contributed by atoms with Gasteiger partial charge in [-0.1, -0.05) is 23.8 Å². The normalized spacial score (nSPS) is 14.6. The molecule has 1 aromatic rings. The van der Waals surface area contributed by atoms with Crippen LogP contribution in [0, 0.1) is 13.8 Å². The molecule has 0 spiro atoms. The maximum atomic E-state index is 11.8. The minimum atomic E-state index is -0.471. The van der Waals surface area contributed by atoms with E-state index in [-0.39, 0.29) is 24.6 Å². The molecule has 1 N–H and O–H groups in total. The number of esters is 1. The molecule has 0 saturated heterocycles. The number of nitrogens with one attached hydrogen (secondary N) is 1. The van der Waals surface area contributed by atoms with Crippen molar-refractivity contribution < 1.29 is 14.3 Å². The molecule has 100 valence electrons. The first-order valence-electron chi connectivity index (χ1n) is 6.15. The molecule has 0 radical (unpaired) electrons. The fourth-order valence-electron chi connectivity index (χ4n) is 1.80. The number of carbonyl (C=O) groups excluding carboxylic acids is 2. The Kier molecular flexibility index (Phi) is 3.94. The van der Waals surface area contributed by atoms with Crippen LogP contribution in [0.5, 0.6) is 0 Å². The second kappa shape index (κ2) is 5.65. The van der Waals surface area contributed by atoms with Crippen molar-refractivity contribution in [1.29, 1.82) is 0 Å². The van der Waals surface area contributed by atoms with Gasteiger partial charge in [0.15, 0.2) is 0 Å². The molecule has 1 aromatic carbocycles. The third-order valence-corrected chi connectivity index (χ3v) is 3.00. The molecule has 0 saturated carbocycles. The third kappa shape index (κ3) is 3.40. The zero-order valence-corrected chi connectivity index (χ0v) is 11.0. The maximum absolute atomic E-state index is 11.8. The Bertz CT molecular complexity index is 550. The van der Waals surface area contributed by atoms with Gasteiger partial charge in [-0.05, 0) is 25.0 Å². The summed E-state index contributed by atoms with van der Waals surface area (Å²) in [6.07, 6.45) is 0.606. The molecule has 0 unspecified atom stereocenters. The first-order valence-corrected chi connectivity index (χ1v) is 6.15. The van der Waals surface area contributed by atoms with Crippen molar-refractivity contribution in [2.75, 3.05) is 0 Å². The Labute approximate surface area is 111 Å². The van der Waals surface area contributed by atoms with E-state index in [0.717, 1.165) is 16.7 Å². The number of carbonyl (C=O) groups is 2. The summed E-state index contributed by atoms with van der Waals surface area (Å²) in [5.74, 6) is -0.646. The standard InChI is InChI=1S/C14H16N2O3/c1-9-3-4-10(2)11(7-9)8-19-14(18)12-5-6-13(17)16-15-12/h3-4,7H,5-6,8H2,1-2H3,(H,16,17). The van der Waals surface area contributed by atoms with E-state index in [1.54, 1.807) is 0 Å². The predicted octanol–water partition coefficient (Wildman–Crippen LogP) is 1.61. The number of hydrogen-bond donors (Lipinski definition) is 1. The van der Waals surface area contributed by atoms with Gasteiger partial charge >= 0.3 is 5.97 Å². The quantitative estimate of drug-likeness (QED) is 0.839. The first-order chi connectivity index (χ1) is 9.06. The van der Waals surface area contributed by atoms with Gasteiger partial charge in [0.2, 0.25) is 5.91 Å². The fraction of sp³-hybridized carbons (Fsp3) is 0.357. The second-order valence-corrected chi connectivity index (χ2v) is 4.60. The average molecular weight is 260 g/mol. The molecule has 1 amide bonds. The van der Waals surface area contributed by atoms with E-state index in [9.17, 15) is 9.59 Å². The topological polar surface area (TPSA) is 67.8 Å². The summed E-state index contributed by atoms with van der Waals surface area (Å²) in [6, 6.07) is 6.01. The van der Waals surface area contributed by atoms with Crippen LogP contribution in [0.15, 0.2) is 23.3 Å². The summed E-state index contributed by atoms with van der Waals surface area (Å²) in [7, 11) is 0. The minimum absolute atomic E-state index is 0.175. The van der Waals surface area contributed by atoms with Crippen LogP contribution in [0.25, 0.3) is 0 Å². The molecular formula is C14H16N2O3. The number of benzene rings is 1.